The van der Waals surface area contributed by atoms with E-state index >= 15 is 0 Å². The van der Waals surface area contributed by atoms with Gasteiger partial charge in [0.1, 0.15) is 0 Å². The zero-order valence-corrected chi connectivity index (χ0v) is 11.3. The van der Waals surface area contributed by atoms with E-state index in [1.807, 2.05) is 30.3 Å². The molecule has 0 radical (unpaired) electrons. The van der Waals surface area contributed by atoms with Crippen molar-refractivity contribution in [3.8, 4) is 0 Å². The minimum absolute atomic E-state index is 0.0104. The van der Waals surface area contributed by atoms with E-state index in [9.17, 15) is 9.46 Å². The number of methoxy groups -OCH3 is 1. The highest BCUT2D eigenvalue weighted by Gasteiger charge is 2.18. The first-order valence-electron chi connectivity index (χ1n) is 5.71. The van der Waals surface area contributed by atoms with Gasteiger partial charge < -0.3 is 18.9 Å². The summed E-state index contributed by atoms with van der Waals surface area (Å²) < 4.78 is 26.4. The van der Waals surface area contributed by atoms with E-state index < -0.39 is 7.60 Å². The molecule has 1 rings (SSSR count). The lowest BCUT2D eigenvalue weighted by Crippen LogP contribution is -2.06. The Morgan fingerprint density at radius 1 is 1.17 bits per heavy atom. The highest BCUT2D eigenvalue weighted by Crippen LogP contribution is 2.41. The average Bonchev–Trinajstić information content (AvgIpc) is 2.36. The topological polar surface area (TPSA) is 65.0 Å². The number of benzene rings is 1. The van der Waals surface area contributed by atoms with Crippen LogP contribution < -0.4 is 0 Å². The number of hydrogen-bond donors (Lipinski definition) is 1. The molecule has 0 amide bonds. The van der Waals surface area contributed by atoms with Crippen LogP contribution in [0.1, 0.15) is 5.56 Å². The Morgan fingerprint density at radius 2 is 1.89 bits per heavy atom. The van der Waals surface area contributed by atoms with Crippen LogP contribution in [0.2, 0.25) is 0 Å². The fourth-order valence-corrected chi connectivity index (χ4v) is 2.12. The Bertz CT molecular complexity index is 368. The van der Waals surface area contributed by atoms with Gasteiger partial charge in [0.2, 0.25) is 0 Å². The molecule has 1 atom stereocenters. The van der Waals surface area contributed by atoms with E-state index in [1.54, 1.807) is 0 Å². The van der Waals surface area contributed by atoms with Gasteiger partial charge in [-0.25, -0.2) is 0 Å². The second kappa shape index (κ2) is 8.40. The molecular weight excluding hydrogens is 255 g/mol. The molecule has 6 heteroatoms. The maximum absolute atomic E-state index is 11.5. The normalized spacial score (nSPS) is 14.3. The summed E-state index contributed by atoms with van der Waals surface area (Å²) in [6.45, 7) is 1.03. The van der Waals surface area contributed by atoms with Gasteiger partial charge in [0.25, 0.3) is 0 Å². The van der Waals surface area contributed by atoms with Crippen molar-refractivity contribution in [1.82, 2.24) is 0 Å². The molecule has 5 nitrogen and oxygen atoms in total. The number of rotatable bonds is 9. The van der Waals surface area contributed by atoms with Crippen LogP contribution in [0.3, 0.4) is 0 Å². The Kier molecular flexibility index (Phi) is 7.16. The van der Waals surface area contributed by atoms with Crippen LogP contribution in [0.4, 0.5) is 0 Å². The molecule has 0 spiro atoms. The van der Waals surface area contributed by atoms with Gasteiger partial charge in [-0.15, -0.1) is 0 Å². The third-order valence-corrected chi connectivity index (χ3v) is 3.54. The molecule has 0 bridgehead atoms. The molecule has 0 heterocycles. The van der Waals surface area contributed by atoms with E-state index in [-0.39, 0.29) is 19.4 Å². The van der Waals surface area contributed by atoms with Crippen molar-refractivity contribution in [2.24, 2.45) is 0 Å². The van der Waals surface area contributed by atoms with E-state index in [0.717, 1.165) is 5.56 Å². The van der Waals surface area contributed by atoms with Crippen LogP contribution in [0.5, 0.6) is 0 Å². The zero-order chi connectivity index (χ0) is 13.3. The van der Waals surface area contributed by atoms with Crippen molar-refractivity contribution >= 4 is 7.60 Å². The van der Waals surface area contributed by atoms with Gasteiger partial charge in [0.05, 0.1) is 32.6 Å². The minimum atomic E-state index is -3.55. The maximum atomic E-state index is 11.5. The number of ether oxygens (including phenoxy) is 2. The average molecular weight is 274 g/mol. The molecule has 102 valence electrons. The smallest absolute Gasteiger partial charge is 0.330 e. The lowest BCUT2D eigenvalue weighted by Gasteiger charge is -2.12. The van der Waals surface area contributed by atoms with Crippen molar-refractivity contribution in [2.75, 3.05) is 33.1 Å². The summed E-state index contributed by atoms with van der Waals surface area (Å²) in [5.74, 6) is 0. The minimum Gasteiger partial charge on any atom is -0.382 e. The Hall–Kier alpha value is -0.710. The highest BCUT2D eigenvalue weighted by molar-refractivity contribution is 7.52. The van der Waals surface area contributed by atoms with E-state index in [1.165, 1.54) is 7.11 Å². The summed E-state index contributed by atoms with van der Waals surface area (Å²) in [4.78, 5) is 9.44. The fourth-order valence-electron chi connectivity index (χ4n) is 1.27. The molecule has 1 aromatic rings. The van der Waals surface area contributed by atoms with Crippen molar-refractivity contribution < 1.29 is 23.5 Å². The Labute approximate surface area is 107 Å². The van der Waals surface area contributed by atoms with E-state index in [4.69, 9.17) is 14.0 Å². The summed E-state index contributed by atoms with van der Waals surface area (Å²) in [5.41, 5.74) is 1.03. The van der Waals surface area contributed by atoms with E-state index in [0.29, 0.717) is 13.2 Å². The second-order valence-corrected chi connectivity index (χ2v) is 5.71. The summed E-state index contributed by atoms with van der Waals surface area (Å²) in [6.07, 6.45) is -0.0104. The monoisotopic (exact) mass is 274 g/mol. The molecule has 1 aromatic carbocycles. The molecular formula is C12H19O5P. The van der Waals surface area contributed by atoms with Gasteiger partial charge in [0.15, 0.2) is 0 Å². The molecule has 0 aliphatic rings. The summed E-state index contributed by atoms with van der Waals surface area (Å²) >= 11 is 0. The quantitative estimate of drug-likeness (QED) is 0.551. The van der Waals surface area contributed by atoms with Crippen LogP contribution >= 0.6 is 7.60 Å². The second-order valence-electron chi connectivity index (χ2n) is 3.73. The molecule has 18 heavy (non-hydrogen) atoms. The summed E-state index contributed by atoms with van der Waals surface area (Å²) in [5, 5.41) is 0. The van der Waals surface area contributed by atoms with E-state index in [2.05, 4.69) is 0 Å². The van der Waals surface area contributed by atoms with Crippen LogP contribution in [0.15, 0.2) is 30.3 Å². The first-order chi connectivity index (χ1) is 8.64. The predicted molar refractivity (Wildman–Crippen MR) is 68.6 cm³/mol. The summed E-state index contributed by atoms with van der Waals surface area (Å²) in [7, 11) is -2.04. The van der Waals surface area contributed by atoms with Crippen LogP contribution in [-0.2, 0) is 25.2 Å². The van der Waals surface area contributed by atoms with Gasteiger partial charge in [-0.1, -0.05) is 30.3 Å². The van der Waals surface area contributed by atoms with Gasteiger partial charge in [-0.3, -0.25) is 4.57 Å². The third kappa shape index (κ3) is 6.89. The van der Waals surface area contributed by atoms with Crippen LogP contribution in [0.25, 0.3) is 0 Å². The molecule has 1 unspecified atom stereocenters. The maximum Gasteiger partial charge on any atom is 0.330 e. The standard InChI is InChI=1S/C12H19O5P/c1-15-7-8-17-18(13,14)10-9-16-11-12-5-3-2-4-6-12/h2-6H,7-11H2,1H3,(H,13,14). The van der Waals surface area contributed by atoms with Crippen molar-refractivity contribution in [1.29, 1.82) is 0 Å². The molecule has 0 aliphatic heterocycles. The predicted octanol–water partition coefficient (Wildman–Crippen LogP) is 2.05. The molecule has 0 aliphatic carbocycles. The molecule has 0 aromatic heterocycles. The molecule has 0 fully saturated rings. The lowest BCUT2D eigenvalue weighted by molar-refractivity contribution is 0.120. The van der Waals surface area contributed by atoms with Gasteiger partial charge >= 0.3 is 7.60 Å². The molecule has 0 saturated heterocycles. The SMILES string of the molecule is COCCOP(=O)(O)CCOCc1ccccc1. The van der Waals surface area contributed by atoms with Gasteiger partial charge in [-0.05, 0) is 5.56 Å². The van der Waals surface area contributed by atoms with Crippen LogP contribution in [-0.4, -0.2) is 38.0 Å². The first-order valence-corrected chi connectivity index (χ1v) is 7.47. The van der Waals surface area contributed by atoms with Gasteiger partial charge in [-0.2, -0.15) is 0 Å². The van der Waals surface area contributed by atoms with Crippen molar-refractivity contribution in [2.45, 2.75) is 6.61 Å². The molecule has 0 saturated carbocycles. The lowest BCUT2D eigenvalue weighted by atomic mass is 10.2. The highest BCUT2D eigenvalue weighted by atomic mass is 31.2. The molecule has 1 N–H and O–H groups in total. The Balaban J connectivity index is 2.15. The fraction of sp³-hybridized carbons (Fsp3) is 0.500. The Morgan fingerprint density at radius 3 is 2.56 bits per heavy atom. The third-order valence-electron chi connectivity index (χ3n) is 2.21. The van der Waals surface area contributed by atoms with Crippen molar-refractivity contribution in [3.63, 3.8) is 0 Å². The zero-order valence-electron chi connectivity index (χ0n) is 10.4. The largest absolute Gasteiger partial charge is 0.382 e. The number of hydrogen-bond acceptors (Lipinski definition) is 4. The summed E-state index contributed by atoms with van der Waals surface area (Å²) in [6, 6.07) is 9.64. The van der Waals surface area contributed by atoms with Gasteiger partial charge in [0, 0.05) is 7.11 Å². The van der Waals surface area contributed by atoms with Crippen molar-refractivity contribution in [3.05, 3.63) is 35.9 Å². The first kappa shape index (κ1) is 15.3. The van der Waals surface area contributed by atoms with Crippen LogP contribution in [0, 0.1) is 0 Å².